The maximum Gasteiger partial charge on any atom is 0.410 e. The second-order valence-corrected chi connectivity index (χ2v) is 6.73. The first-order valence-corrected chi connectivity index (χ1v) is 8.23. The summed E-state index contributed by atoms with van der Waals surface area (Å²) in [4.78, 5) is 13.7. The Hall–Kier alpha value is -1.33. The van der Waals surface area contributed by atoms with Crippen LogP contribution in [0, 0.1) is 5.82 Å². The van der Waals surface area contributed by atoms with Crippen LogP contribution in [0.15, 0.2) is 18.2 Å². The maximum absolute atomic E-state index is 13.0. The van der Waals surface area contributed by atoms with Crippen molar-refractivity contribution in [2.75, 3.05) is 19.6 Å². The van der Waals surface area contributed by atoms with E-state index in [4.69, 9.17) is 16.3 Å². The maximum atomic E-state index is 13.0. The molecule has 0 saturated heterocycles. The smallest absolute Gasteiger partial charge is 0.410 e. The molecule has 4 nitrogen and oxygen atoms in total. The lowest BCUT2D eigenvalue weighted by Gasteiger charge is -2.26. The van der Waals surface area contributed by atoms with Crippen molar-refractivity contribution >= 4 is 17.7 Å². The molecule has 0 bridgehead atoms. The molecule has 0 spiro atoms. The molecule has 0 aliphatic heterocycles. The molecule has 0 atom stereocenters. The highest BCUT2D eigenvalue weighted by Gasteiger charge is 2.20. The Labute approximate surface area is 142 Å². The minimum atomic E-state index is -0.484. The molecule has 1 N–H and O–H groups in total. The van der Waals surface area contributed by atoms with Gasteiger partial charge in [-0.1, -0.05) is 17.7 Å². The minimum absolute atomic E-state index is 0.290. The SMILES string of the molecule is CCN(CCCNCc1ccc(F)cc1Cl)C(=O)OC(C)(C)C. The number of ether oxygens (including phenoxy) is 1. The van der Waals surface area contributed by atoms with Crippen LogP contribution >= 0.6 is 11.6 Å². The molecule has 6 heteroatoms. The van der Waals surface area contributed by atoms with Crippen LogP contribution in [0.1, 0.15) is 39.7 Å². The Morgan fingerprint density at radius 3 is 2.65 bits per heavy atom. The van der Waals surface area contributed by atoms with E-state index in [0.717, 1.165) is 18.5 Å². The normalized spacial score (nSPS) is 11.4. The van der Waals surface area contributed by atoms with Crippen molar-refractivity contribution in [3.05, 3.63) is 34.6 Å². The molecule has 0 aromatic heterocycles. The van der Waals surface area contributed by atoms with Crippen LogP contribution in [-0.4, -0.2) is 36.2 Å². The molecule has 0 fully saturated rings. The van der Waals surface area contributed by atoms with Crippen molar-refractivity contribution in [2.45, 2.75) is 46.3 Å². The fraction of sp³-hybridized carbons (Fsp3) is 0.588. The lowest BCUT2D eigenvalue weighted by molar-refractivity contribution is 0.0258. The molecule has 0 saturated carbocycles. The molecule has 0 unspecified atom stereocenters. The molecular formula is C17H26ClFN2O2. The summed E-state index contributed by atoms with van der Waals surface area (Å²) in [6, 6.07) is 4.37. The average Bonchev–Trinajstić information content (AvgIpc) is 2.42. The molecule has 0 heterocycles. The number of nitrogens with one attached hydrogen (secondary N) is 1. The number of carbonyl (C=O) groups is 1. The monoisotopic (exact) mass is 344 g/mol. The molecule has 23 heavy (non-hydrogen) atoms. The Bertz CT molecular complexity index is 518. The van der Waals surface area contributed by atoms with Crippen LogP contribution in [0.4, 0.5) is 9.18 Å². The van der Waals surface area contributed by atoms with E-state index < -0.39 is 5.60 Å². The van der Waals surface area contributed by atoms with E-state index >= 15 is 0 Å². The average molecular weight is 345 g/mol. The Morgan fingerprint density at radius 1 is 1.39 bits per heavy atom. The second-order valence-electron chi connectivity index (χ2n) is 6.33. The van der Waals surface area contributed by atoms with E-state index in [1.165, 1.54) is 12.1 Å². The lowest BCUT2D eigenvalue weighted by atomic mass is 10.2. The summed E-state index contributed by atoms with van der Waals surface area (Å²) in [6.07, 6.45) is 0.507. The van der Waals surface area contributed by atoms with Gasteiger partial charge in [0.1, 0.15) is 11.4 Å². The third kappa shape index (κ3) is 7.66. The minimum Gasteiger partial charge on any atom is -0.444 e. The Morgan fingerprint density at radius 2 is 2.09 bits per heavy atom. The van der Waals surface area contributed by atoms with Crippen molar-refractivity contribution in [3.8, 4) is 0 Å². The summed E-state index contributed by atoms with van der Waals surface area (Å²) in [6.45, 7) is 10.0. The van der Waals surface area contributed by atoms with Crippen LogP contribution in [0.3, 0.4) is 0 Å². The summed E-state index contributed by atoms with van der Waals surface area (Å²) in [5, 5.41) is 3.66. The van der Waals surface area contributed by atoms with Gasteiger partial charge in [-0.05, 0) is 58.4 Å². The van der Waals surface area contributed by atoms with Crippen molar-refractivity contribution in [1.29, 1.82) is 0 Å². The van der Waals surface area contributed by atoms with Gasteiger partial charge in [0.25, 0.3) is 0 Å². The van der Waals surface area contributed by atoms with E-state index in [1.54, 1.807) is 11.0 Å². The molecular weight excluding hydrogens is 319 g/mol. The summed E-state index contributed by atoms with van der Waals surface area (Å²) in [7, 11) is 0. The van der Waals surface area contributed by atoms with Gasteiger partial charge in [-0.25, -0.2) is 9.18 Å². The zero-order chi connectivity index (χ0) is 17.5. The van der Waals surface area contributed by atoms with Gasteiger partial charge in [0.2, 0.25) is 0 Å². The third-order valence-corrected chi connectivity index (χ3v) is 3.50. The highest BCUT2D eigenvalue weighted by atomic mass is 35.5. The zero-order valence-corrected chi connectivity index (χ0v) is 15.0. The Kier molecular flexibility index (Phi) is 7.79. The largest absolute Gasteiger partial charge is 0.444 e. The number of halogens is 2. The van der Waals surface area contributed by atoms with Crippen molar-refractivity contribution in [2.24, 2.45) is 0 Å². The summed E-state index contributed by atoms with van der Waals surface area (Å²) >= 11 is 5.97. The van der Waals surface area contributed by atoms with Gasteiger partial charge in [-0.2, -0.15) is 0 Å². The van der Waals surface area contributed by atoms with Crippen LogP contribution < -0.4 is 5.32 Å². The van der Waals surface area contributed by atoms with Gasteiger partial charge < -0.3 is 15.0 Å². The quantitative estimate of drug-likeness (QED) is 0.753. The fourth-order valence-electron chi connectivity index (χ4n) is 1.99. The van der Waals surface area contributed by atoms with Gasteiger partial charge in [-0.3, -0.25) is 0 Å². The molecule has 0 aliphatic carbocycles. The van der Waals surface area contributed by atoms with Crippen molar-refractivity contribution < 1.29 is 13.9 Å². The first-order chi connectivity index (χ1) is 10.7. The van der Waals surface area contributed by atoms with Gasteiger partial charge in [-0.15, -0.1) is 0 Å². The first-order valence-electron chi connectivity index (χ1n) is 7.85. The number of hydrogen-bond donors (Lipinski definition) is 1. The summed E-state index contributed by atoms with van der Waals surface area (Å²) in [5.74, 6) is -0.338. The number of carbonyl (C=O) groups excluding carboxylic acids is 1. The first kappa shape index (κ1) is 19.7. The number of benzene rings is 1. The molecule has 1 aromatic rings. The van der Waals surface area contributed by atoms with Crippen LogP contribution in [0.5, 0.6) is 0 Å². The molecule has 0 radical (unpaired) electrons. The molecule has 1 aromatic carbocycles. The molecule has 1 rings (SSSR count). The molecule has 1 amide bonds. The summed E-state index contributed by atoms with van der Waals surface area (Å²) in [5.41, 5.74) is 0.370. The predicted octanol–water partition coefficient (Wildman–Crippen LogP) is 4.22. The van der Waals surface area contributed by atoms with E-state index in [9.17, 15) is 9.18 Å². The molecule has 130 valence electrons. The van der Waals surface area contributed by atoms with Crippen LogP contribution in [-0.2, 0) is 11.3 Å². The number of amides is 1. The van der Waals surface area contributed by atoms with E-state index in [-0.39, 0.29) is 11.9 Å². The lowest BCUT2D eigenvalue weighted by Crippen LogP contribution is -2.38. The number of nitrogens with zero attached hydrogens (tertiary/aromatic N) is 1. The predicted molar refractivity (Wildman–Crippen MR) is 91.2 cm³/mol. The van der Waals surface area contributed by atoms with Gasteiger partial charge in [0, 0.05) is 24.7 Å². The fourth-order valence-corrected chi connectivity index (χ4v) is 2.22. The topological polar surface area (TPSA) is 41.6 Å². The molecule has 0 aliphatic rings. The number of hydrogen-bond acceptors (Lipinski definition) is 3. The van der Waals surface area contributed by atoms with E-state index in [0.29, 0.717) is 24.7 Å². The Balaban J connectivity index is 2.31. The van der Waals surface area contributed by atoms with Gasteiger partial charge in [0.05, 0.1) is 0 Å². The highest BCUT2D eigenvalue weighted by Crippen LogP contribution is 2.16. The highest BCUT2D eigenvalue weighted by molar-refractivity contribution is 6.31. The van der Waals surface area contributed by atoms with Crippen LogP contribution in [0.2, 0.25) is 5.02 Å². The summed E-state index contributed by atoms with van der Waals surface area (Å²) < 4.78 is 18.3. The van der Waals surface area contributed by atoms with Crippen molar-refractivity contribution in [3.63, 3.8) is 0 Å². The second kappa shape index (κ2) is 9.08. The van der Waals surface area contributed by atoms with Crippen LogP contribution in [0.25, 0.3) is 0 Å². The van der Waals surface area contributed by atoms with Crippen molar-refractivity contribution in [1.82, 2.24) is 10.2 Å². The standard InChI is InChI=1S/C17H26ClFN2O2/c1-5-21(16(22)23-17(2,3)4)10-6-9-20-12-13-7-8-14(19)11-15(13)18/h7-8,11,20H,5-6,9-10,12H2,1-4H3. The zero-order valence-electron chi connectivity index (χ0n) is 14.3. The van der Waals surface area contributed by atoms with Gasteiger partial charge in [0.15, 0.2) is 0 Å². The third-order valence-electron chi connectivity index (χ3n) is 3.15. The number of rotatable bonds is 7. The van der Waals surface area contributed by atoms with Gasteiger partial charge >= 0.3 is 6.09 Å². The van der Waals surface area contributed by atoms with E-state index in [1.807, 2.05) is 27.7 Å². The van der Waals surface area contributed by atoms with E-state index in [2.05, 4.69) is 5.32 Å².